The van der Waals surface area contributed by atoms with Crippen molar-refractivity contribution in [1.82, 2.24) is 9.78 Å². The number of hydrogen-bond donors (Lipinski definition) is 0. The van der Waals surface area contributed by atoms with Crippen LogP contribution in [0.5, 0.6) is 0 Å². The minimum Gasteiger partial charge on any atom is -0.268 e. The Balaban J connectivity index is -0.000000143. The molecule has 3 nitrogen and oxygen atoms in total. The van der Waals surface area contributed by atoms with Gasteiger partial charge in [0, 0.05) is 45.0 Å². The molecule has 0 unspecified atom stereocenters. The topological polar surface area (TPSA) is 34.9 Å². The average Bonchev–Trinajstić information content (AvgIpc) is 2.40. The van der Waals surface area contributed by atoms with E-state index in [4.69, 9.17) is 0 Å². The van der Waals surface area contributed by atoms with Gasteiger partial charge in [0.05, 0.1) is 6.04 Å². The third-order valence-electron chi connectivity index (χ3n) is 2.77. The van der Waals surface area contributed by atoms with Gasteiger partial charge >= 0.3 is 0 Å². The van der Waals surface area contributed by atoms with Gasteiger partial charge in [-0.3, -0.25) is 4.79 Å². The number of nitrogens with zero attached hydrogens (tertiary/aromatic N) is 2. The van der Waals surface area contributed by atoms with E-state index >= 15 is 0 Å². The van der Waals surface area contributed by atoms with Crippen LogP contribution >= 0.6 is 0 Å². The van der Waals surface area contributed by atoms with Crippen LogP contribution in [0.2, 0.25) is 0 Å². The molecule has 1 aromatic heterocycles. The zero-order chi connectivity index (χ0) is 15.1. The molecule has 0 fully saturated rings. The number of aromatic nitrogens is 2. The zero-order valence-electron chi connectivity index (χ0n) is 13.0. The standard InChI is InChI=1S/C9H11F.C7H10N2O.3CH4.Y/c1-7(2)8-3-5-9(10)6-4-8;1-6(2)9-7(10)4-3-5-8-9;;;;/h3-7H,1-2H3;3-6H,1-2H3;3*1H4;. The fraction of sp³-hybridized carbons (Fsp3) is 0.474. The maximum atomic E-state index is 12.4. The molecule has 0 bridgehead atoms. The monoisotopic (exact) mass is 413 g/mol. The Bertz CT molecular complexity index is 580. The molecule has 1 heterocycles. The average molecular weight is 413 g/mol. The SMILES string of the molecule is C.C.C.CC(C)c1ccc(F)cc1.CC(C)n1ncccc1=O.[Y]. The maximum Gasteiger partial charge on any atom is 0.266 e. The minimum absolute atomic E-state index is 0. The third-order valence-corrected chi connectivity index (χ3v) is 2.77. The van der Waals surface area contributed by atoms with Gasteiger partial charge < -0.3 is 0 Å². The summed E-state index contributed by atoms with van der Waals surface area (Å²) < 4.78 is 13.8. The van der Waals surface area contributed by atoms with Crippen LogP contribution in [0.15, 0.2) is 47.4 Å². The number of benzene rings is 1. The van der Waals surface area contributed by atoms with Crippen molar-refractivity contribution in [2.24, 2.45) is 0 Å². The molecule has 0 N–H and O–H groups in total. The summed E-state index contributed by atoms with van der Waals surface area (Å²) in [5.41, 5.74) is 1.14. The molecule has 0 aliphatic rings. The van der Waals surface area contributed by atoms with Crippen molar-refractivity contribution in [3.63, 3.8) is 0 Å². The Morgan fingerprint density at radius 1 is 0.958 bits per heavy atom. The van der Waals surface area contributed by atoms with Crippen LogP contribution in [0.4, 0.5) is 4.39 Å². The van der Waals surface area contributed by atoms with Crippen LogP contribution in [0, 0.1) is 5.82 Å². The Hall–Kier alpha value is -0.866. The quantitative estimate of drug-likeness (QED) is 0.635. The van der Waals surface area contributed by atoms with Gasteiger partial charge in [-0.15, -0.1) is 0 Å². The van der Waals surface area contributed by atoms with Crippen molar-refractivity contribution < 1.29 is 37.1 Å². The van der Waals surface area contributed by atoms with Crippen molar-refractivity contribution in [3.8, 4) is 0 Å². The van der Waals surface area contributed by atoms with Crippen molar-refractivity contribution >= 4 is 0 Å². The molecule has 24 heavy (non-hydrogen) atoms. The Labute approximate surface area is 172 Å². The smallest absolute Gasteiger partial charge is 0.266 e. The fourth-order valence-corrected chi connectivity index (χ4v) is 1.60. The first kappa shape index (κ1) is 31.0. The normalized spacial score (nSPS) is 8.62. The van der Waals surface area contributed by atoms with Gasteiger partial charge in [0.1, 0.15) is 5.82 Å². The van der Waals surface area contributed by atoms with Gasteiger partial charge in [0.15, 0.2) is 0 Å². The van der Waals surface area contributed by atoms with Gasteiger partial charge in [0.25, 0.3) is 5.56 Å². The summed E-state index contributed by atoms with van der Waals surface area (Å²) in [6, 6.07) is 9.92. The molecule has 2 rings (SSSR count). The van der Waals surface area contributed by atoms with Gasteiger partial charge in [-0.1, -0.05) is 48.3 Å². The van der Waals surface area contributed by atoms with Crippen molar-refractivity contribution in [2.75, 3.05) is 0 Å². The second-order valence-electron chi connectivity index (χ2n) is 5.11. The minimum atomic E-state index is -0.163. The number of hydrogen-bond acceptors (Lipinski definition) is 2. The van der Waals surface area contributed by atoms with E-state index < -0.39 is 0 Å². The van der Waals surface area contributed by atoms with E-state index in [-0.39, 0.29) is 72.4 Å². The molecule has 135 valence electrons. The van der Waals surface area contributed by atoms with Crippen LogP contribution in [0.1, 0.15) is 67.5 Å². The van der Waals surface area contributed by atoms with Gasteiger partial charge in [-0.2, -0.15) is 5.10 Å². The Morgan fingerprint density at radius 2 is 1.46 bits per heavy atom. The molecule has 0 spiro atoms. The molecule has 1 aromatic carbocycles. The van der Waals surface area contributed by atoms with Crippen LogP contribution < -0.4 is 5.56 Å². The summed E-state index contributed by atoms with van der Waals surface area (Å²) in [6.07, 6.45) is 1.61. The summed E-state index contributed by atoms with van der Waals surface area (Å²) in [7, 11) is 0. The first-order valence-corrected chi connectivity index (χ1v) is 6.71. The summed E-state index contributed by atoms with van der Waals surface area (Å²) in [4.78, 5) is 11.0. The molecular formula is C19H33FN2OY. The van der Waals surface area contributed by atoms with E-state index in [1.807, 2.05) is 26.0 Å². The predicted octanol–water partition coefficient (Wildman–Crippen LogP) is 5.68. The maximum absolute atomic E-state index is 12.4. The second-order valence-corrected chi connectivity index (χ2v) is 5.11. The third kappa shape index (κ3) is 10.8. The van der Waals surface area contributed by atoms with E-state index in [2.05, 4.69) is 18.9 Å². The number of rotatable bonds is 2. The predicted molar refractivity (Wildman–Crippen MR) is 99.6 cm³/mol. The molecule has 0 atom stereocenters. The largest absolute Gasteiger partial charge is 0.268 e. The first-order valence-electron chi connectivity index (χ1n) is 6.71. The first-order chi connectivity index (χ1) is 9.41. The van der Waals surface area contributed by atoms with E-state index in [0.717, 1.165) is 0 Å². The Morgan fingerprint density at radius 3 is 1.79 bits per heavy atom. The Kier molecular flexibility index (Phi) is 20.2. The second kappa shape index (κ2) is 15.6. The number of halogens is 1. The molecule has 5 heteroatoms. The summed E-state index contributed by atoms with van der Waals surface area (Å²) >= 11 is 0. The van der Waals surface area contributed by atoms with Gasteiger partial charge in [-0.05, 0) is 43.5 Å². The molecule has 2 aromatic rings. The van der Waals surface area contributed by atoms with E-state index in [0.29, 0.717) is 5.92 Å². The summed E-state index contributed by atoms with van der Waals surface area (Å²) in [5, 5.41) is 3.88. The van der Waals surface area contributed by atoms with Crippen LogP contribution in [0.25, 0.3) is 0 Å². The van der Waals surface area contributed by atoms with Crippen molar-refractivity contribution in [3.05, 3.63) is 64.3 Å². The molecule has 0 aliphatic carbocycles. The van der Waals surface area contributed by atoms with Gasteiger partial charge in [0.2, 0.25) is 0 Å². The molecule has 1 radical (unpaired) electrons. The summed E-state index contributed by atoms with van der Waals surface area (Å²) in [6.45, 7) is 8.03. The fourth-order valence-electron chi connectivity index (χ4n) is 1.60. The van der Waals surface area contributed by atoms with Crippen LogP contribution in [-0.4, -0.2) is 9.78 Å². The van der Waals surface area contributed by atoms with E-state index in [1.54, 1.807) is 12.3 Å². The van der Waals surface area contributed by atoms with E-state index in [1.165, 1.54) is 28.4 Å². The zero-order valence-corrected chi connectivity index (χ0v) is 15.8. The van der Waals surface area contributed by atoms with Crippen LogP contribution in [-0.2, 0) is 32.7 Å². The molecule has 0 aliphatic heterocycles. The van der Waals surface area contributed by atoms with E-state index in [9.17, 15) is 9.18 Å². The molecular weight excluding hydrogens is 380 g/mol. The molecule has 0 amide bonds. The van der Waals surface area contributed by atoms with Crippen LogP contribution in [0.3, 0.4) is 0 Å². The summed E-state index contributed by atoms with van der Waals surface area (Å²) in [5.74, 6) is 0.324. The van der Waals surface area contributed by atoms with Crippen molar-refractivity contribution in [2.45, 2.75) is 61.9 Å². The molecule has 0 saturated heterocycles. The van der Waals surface area contributed by atoms with Crippen molar-refractivity contribution in [1.29, 1.82) is 0 Å². The van der Waals surface area contributed by atoms with Gasteiger partial charge in [-0.25, -0.2) is 9.07 Å². The molecule has 0 saturated carbocycles.